The van der Waals surface area contributed by atoms with Gasteiger partial charge < -0.3 is 36.1 Å². The van der Waals surface area contributed by atoms with Gasteiger partial charge in [0, 0.05) is 17.1 Å². The number of allylic oxidation sites excluding steroid dienone is 1. The summed E-state index contributed by atoms with van der Waals surface area (Å²) in [6, 6.07) is 1.96. The van der Waals surface area contributed by atoms with Crippen LogP contribution >= 0.6 is 0 Å². The molecule has 0 saturated heterocycles. The van der Waals surface area contributed by atoms with Crippen LogP contribution in [0.4, 0.5) is 0 Å². The van der Waals surface area contributed by atoms with Crippen LogP contribution in [0, 0.1) is 11.8 Å². The number of carbonyl (C=O) groups is 2. The van der Waals surface area contributed by atoms with E-state index >= 15 is 0 Å². The zero-order valence-corrected chi connectivity index (χ0v) is 19.8. The number of nitrogens with zero attached hydrogens (tertiary/aromatic N) is 2. The van der Waals surface area contributed by atoms with Crippen LogP contribution in [0.25, 0.3) is 0 Å². The van der Waals surface area contributed by atoms with Crippen molar-refractivity contribution in [1.82, 2.24) is 4.90 Å². The van der Waals surface area contributed by atoms with Crippen LogP contribution in [-0.4, -0.2) is 86.8 Å². The molecule has 3 aliphatic carbocycles. The van der Waals surface area contributed by atoms with E-state index in [1.807, 2.05) is 0 Å². The Morgan fingerprint density at radius 3 is 2.49 bits per heavy atom. The monoisotopic (exact) mass is 487 g/mol. The Labute approximate surface area is 201 Å². The first-order valence-corrected chi connectivity index (χ1v) is 11.1. The van der Waals surface area contributed by atoms with Gasteiger partial charge in [-0.1, -0.05) is 5.16 Å². The fourth-order valence-corrected chi connectivity index (χ4v) is 5.85. The number of aromatic hydroxyl groups is 1. The Morgan fingerprint density at radius 2 is 1.91 bits per heavy atom. The molecule has 7 N–H and O–H groups in total. The molecule has 11 heteroatoms. The fraction of sp³-hybridized carbons (Fsp3) is 0.458. The van der Waals surface area contributed by atoms with E-state index in [4.69, 9.17) is 10.6 Å². The number of phenolic OH excluding ortho intramolecular Hbond substituents is 1. The van der Waals surface area contributed by atoms with Crippen molar-refractivity contribution >= 4 is 17.3 Å². The number of carbonyl (C=O) groups excluding carboxylic acids is 2. The summed E-state index contributed by atoms with van der Waals surface area (Å²) in [7, 11) is 4.60. The summed E-state index contributed by atoms with van der Waals surface area (Å²) in [6.07, 6.45) is -1.68. The van der Waals surface area contributed by atoms with Gasteiger partial charge in [0.1, 0.15) is 30.6 Å². The molecule has 0 radical (unpaired) electrons. The highest BCUT2D eigenvalue weighted by Gasteiger charge is 2.63. The summed E-state index contributed by atoms with van der Waals surface area (Å²) in [4.78, 5) is 33.3. The number of hydrogen-bond acceptors (Lipinski definition) is 11. The lowest BCUT2D eigenvalue weighted by atomic mass is 9.58. The minimum atomic E-state index is -2.60. The van der Waals surface area contributed by atoms with E-state index in [1.54, 1.807) is 32.0 Å². The van der Waals surface area contributed by atoms with Crippen LogP contribution in [-0.2, 0) is 16.1 Å². The number of oxime groups is 1. The molecule has 0 heterocycles. The number of hydrogen-bond donors (Lipinski definition) is 6. The van der Waals surface area contributed by atoms with Crippen molar-refractivity contribution in [1.29, 1.82) is 0 Å². The van der Waals surface area contributed by atoms with Crippen LogP contribution in [0.3, 0.4) is 0 Å². The highest BCUT2D eigenvalue weighted by Crippen LogP contribution is 2.52. The number of Topliss-reactive ketones (excluding diaryl/α,β-unsaturated/α-hetero) is 2. The molecular weight excluding hydrogens is 458 g/mol. The first-order valence-electron chi connectivity index (χ1n) is 11.1. The third-order valence-corrected chi connectivity index (χ3v) is 7.31. The maximum Gasteiger partial charge on any atom is 0.205 e. The quantitative estimate of drug-likeness (QED) is 0.196. The van der Waals surface area contributed by atoms with E-state index in [1.165, 1.54) is 13.2 Å². The molecule has 11 nitrogen and oxygen atoms in total. The summed E-state index contributed by atoms with van der Waals surface area (Å²) in [6.45, 7) is 1.69. The number of ketones is 2. The molecule has 1 aromatic carbocycles. The van der Waals surface area contributed by atoms with Crippen molar-refractivity contribution in [3.63, 3.8) is 0 Å². The highest BCUT2D eigenvalue weighted by molar-refractivity contribution is 6.17. The number of likely N-dealkylation sites (N-methyl/N-ethyl adjacent to an activating group) is 1. The molecule has 0 aliphatic heterocycles. The van der Waals surface area contributed by atoms with Gasteiger partial charge in [-0.3, -0.25) is 14.5 Å². The smallest absolute Gasteiger partial charge is 0.205 e. The van der Waals surface area contributed by atoms with Gasteiger partial charge in [-0.2, -0.15) is 0 Å². The molecule has 35 heavy (non-hydrogen) atoms. The van der Waals surface area contributed by atoms with Crippen molar-refractivity contribution in [2.24, 2.45) is 22.7 Å². The molecular formula is C24H29N3O8. The van der Waals surface area contributed by atoms with Gasteiger partial charge in [0.25, 0.3) is 0 Å². The predicted molar refractivity (Wildman–Crippen MR) is 124 cm³/mol. The largest absolute Gasteiger partial charge is 0.510 e. The Bertz CT molecular complexity index is 1220. The standard InChI is InChI=1S/C24H29N3O8/c1-9(26-35-4)11-5-6-14(28)16-12(11)7-10-8-13-18(27(2)3)20(30)17(23(25)33)22(32)24(13,34)21(31)15(10)19(16)29/h5-6,10,13,18,23,28,30-31,33-34H,7-8,25H2,1-4H3/b26-9+/t10-,13-,18-,23?,24-/m0/s1. The average Bonchev–Trinajstić information content (AvgIpc) is 2.76. The molecule has 0 fully saturated rings. The first-order chi connectivity index (χ1) is 16.4. The van der Waals surface area contributed by atoms with E-state index in [-0.39, 0.29) is 29.7 Å². The van der Waals surface area contributed by atoms with Gasteiger partial charge in [0.05, 0.1) is 22.9 Å². The molecule has 0 amide bonds. The summed E-state index contributed by atoms with van der Waals surface area (Å²) in [5.41, 5.74) is 3.59. The van der Waals surface area contributed by atoms with Crippen LogP contribution in [0.2, 0.25) is 0 Å². The van der Waals surface area contributed by atoms with Crippen LogP contribution in [0.5, 0.6) is 5.75 Å². The van der Waals surface area contributed by atoms with E-state index in [0.29, 0.717) is 16.8 Å². The average molecular weight is 488 g/mol. The van der Waals surface area contributed by atoms with Crippen molar-refractivity contribution < 1.29 is 40.0 Å². The Kier molecular flexibility index (Phi) is 6.00. The molecule has 0 bridgehead atoms. The molecule has 4 rings (SSSR count). The SMILES string of the molecule is CO/N=C(\C)c1ccc(O)c2c1C[C@H]1C[C@H]3[C@H](N(C)C)C(O)=C(C(N)O)C(=O)[C@@]3(O)C(O)=C1C2=O. The molecule has 188 valence electrons. The second-order valence-corrected chi connectivity index (χ2v) is 9.43. The molecule has 0 aromatic heterocycles. The fourth-order valence-electron chi connectivity index (χ4n) is 5.85. The summed E-state index contributed by atoms with van der Waals surface area (Å²) < 4.78 is 0. The zero-order valence-electron chi connectivity index (χ0n) is 19.8. The lowest BCUT2D eigenvalue weighted by Gasteiger charge is -2.50. The second-order valence-electron chi connectivity index (χ2n) is 9.43. The maximum atomic E-state index is 13.6. The van der Waals surface area contributed by atoms with Crippen molar-refractivity contribution in [2.75, 3.05) is 21.2 Å². The van der Waals surface area contributed by atoms with Gasteiger partial charge in [-0.25, -0.2) is 0 Å². The van der Waals surface area contributed by atoms with Gasteiger partial charge in [-0.05, 0) is 57.5 Å². The number of benzene rings is 1. The van der Waals surface area contributed by atoms with E-state index in [2.05, 4.69) is 5.16 Å². The third kappa shape index (κ3) is 3.38. The van der Waals surface area contributed by atoms with Gasteiger partial charge in [0.15, 0.2) is 11.4 Å². The Morgan fingerprint density at radius 1 is 1.26 bits per heavy atom. The molecule has 0 spiro atoms. The Hall–Kier alpha value is -3.25. The lowest BCUT2D eigenvalue weighted by Crippen LogP contribution is -2.64. The van der Waals surface area contributed by atoms with Crippen LogP contribution in [0.1, 0.15) is 34.8 Å². The van der Waals surface area contributed by atoms with Crippen molar-refractivity contribution in [2.45, 2.75) is 37.6 Å². The normalized spacial score (nSPS) is 29.7. The molecule has 1 unspecified atom stereocenters. The number of nitrogens with two attached hydrogens (primary N) is 1. The minimum Gasteiger partial charge on any atom is -0.510 e. The van der Waals surface area contributed by atoms with Gasteiger partial charge in [0.2, 0.25) is 5.78 Å². The van der Waals surface area contributed by atoms with Crippen molar-refractivity contribution in [3.8, 4) is 5.75 Å². The minimum absolute atomic E-state index is 0.0449. The molecule has 3 aliphatic rings. The summed E-state index contributed by atoms with van der Waals surface area (Å²) in [5, 5.41) is 58.2. The summed E-state index contributed by atoms with van der Waals surface area (Å²) in [5.74, 6) is -5.25. The number of aliphatic hydroxyl groups is 4. The first kappa shape index (κ1) is 24.9. The molecule has 1 aromatic rings. The predicted octanol–water partition coefficient (Wildman–Crippen LogP) is 0.283. The van der Waals surface area contributed by atoms with Crippen LogP contribution in [0.15, 0.2) is 40.0 Å². The highest BCUT2D eigenvalue weighted by atomic mass is 16.6. The number of aliphatic hydroxyl groups excluding tert-OH is 3. The van der Waals surface area contributed by atoms with Crippen molar-refractivity contribution in [3.05, 3.63) is 51.5 Å². The number of phenols is 1. The van der Waals surface area contributed by atoms with E-state index in [9.17, 15) is 35.1 Å². The van der Waals surface area contributed by atoms with Gasteiger partial charge in [-0.15, -0.1) is 0 Å². The zero-order chi connectivity index (χ0) is 26.0. The third-order valence-electron chi connectivity index (χ3n) is 7.31. The lowest BCUT2D eigenvalue weighted by molar-refractivity contribution is -0.148. The topological polar surface area (TPSA) is 186 Å². The van der Waals surface area contributed by atoms with Gasteiger partial charge >= 0.3 is 0 Å². The Balaban J connectivity index is 1.96. The number of rotatable bonds is 4. The van der Waals surface area contributed by atoms with Crippen LogP contribution < -0.4 is 5.73 Å². The number of fused-ring (bicyclic) bond motifs is 3. The molecule has 5 atom stereocenters. The summed E-state index contributed by atoms with van der Waals surface area (Å²) >= 11 is 0. The molecule has 0 saturated carbocycles. The second kappa shape index (κ2) is 8.45. The van der Waals surface area contributed by atoms with E-state index < -0.39 is 58.4 Å². The van der Waals surface area contributed by atoms with E-state index in [0.717, 1.165) is 0 Å². The maximum absolute atomic E-state index is 13.6.